The van der Waals surface area contributed by atoms with Crippen LogP contribution in [0, 0.1) is 11.3 Å². The number of nitriles is 1. The molecule has 7 nitrogen and oxygen atoms in total. The quantitative estimate of drug-likeness (QED) is 0.868. The molecule has 2 N–H and O–H groups in total. The molecule has 0 bridgehead atoms. The van der Waals surface area contributed by atoms with Gasteiger partial charge in [0.05, 0.1) is 18.4 Å². The Morgan fingerprint density at radius 2 is 1.96 bits per heavy atom. The van der Waals surface area contributed by atoms with E-state index in [1.165, 1.54) is 12.4 Å². The molecule has 2 rings (SSSR count). The molecule has 1 aromatic carbocycles. The Bertz CT molecular complexity index is 733. The standard InChI is InChI=1S/C18H21N5O2/c1-18(2,3)25-17(24)23-15(13-7-5-4-6-8-13)11-22-16-12-20-14(9-19)10-21-16/h4-8,10,12,15H,11H2,1-3H3,(H,21,22)(H,23,24). The molecule has 0 aliphatic carbocycles. The summed E-state index contributed by atoms with van der Waals surface area (Å²) >= 11 is 0. The lowest BCUT2D eigenvalue weighted by molar-refractivity contribution is 0.0506. The van der Waals surface area contributed by atoms with Crippen molar-refractivity contribution in [3.63, 3.8) is 0 Å². The van der Waals surface area contributed by atoms with Crippen LogP contribution in [0.2, 0.25) is 0 Å². The van der Waals surface area contributed by atoms with Crippen molar-refractivity contribution in [3.05, 3.63) is 54.0 Å². The van der Waals surface area contributed by atoms with Gasteiger partial charge in [0.2, 0.25) is 0 Å². The van der Waals surface area contributed by atoms with Crippen LogP contribution in [0.3, 0.4) is 0 Å². The number of aromatic nitrogens is 2. The summed E-state index contributed by atoms with van der Waals surface area (Å²) in [5.74, 6) is 0.519. The molecule has 130 valence electrons. The number of amides is 1. The van der Waals surface area contributed by atoms with E-state index in [0.29, 0.717) is 12.4 Å². The van der Waals surface area contributed by atoms with E-state index < -0.39 is 11.7 Å². The van der Waals surface area contributed by atoms with Gasteiger partial charge >= 0.3 is 6.09 Å². The summed E-state index contributed by atoms with van der Waals surface area (Å²) < 4.78 is 5.33. The van der Waals surface area contributed by atoms with Crippen molar-refractivity contribution in [1.82, 2.24) is 15.3 Å². The molecule has 1 unspecified atom stereocenters. The number of hydrogen-bond acceptors (Lipinski definition) is 6. The minimum Gasteiger partial charge on any atom is -0.444 e. The topological polar surface area (TPSA) is 99.9 Å². The van der Waals surface area contributed by atoms with E-state index in [0.717, 1.165) is 5.56 Å². The van der Waals surface area contributed by atoms with Crippen molar-refractivity contribution in [1.29, 1.82) is 5.26 Å². The van der Waals surface area contributed by atoms with Crippen LogP contribution in [0.25, 0.3) is 0 Å². The Labute approximate surface area is 147 Å². The first-order chi connectivity index (χ1) is 11.9. The third kappa shape index (κ3) is 6.11. The van der Waals surface area contributed by atoms with E-state index in [4.69, 9.17) is 10.00 Å². The molecule has 0 aliphatic rings. The Hall–Kier alpha value is -3.14. The number of hydrogen-bond donors (Lipinski definition) is 2. The summed E-state index contributed by atoms with van der Waals surface area (Å²) in [6.45, 7) is 5.84. The third-order valence-corrected chi connectivity index (χ3v) is 3.15. The second kappa shape index (κ2) is 8.11. The SMILES string of the molecule is CC(C)(C)OC(=O)NC(CNc1cnc(C#N)cn1)c1ccccc1. The Morgan fingerprint density at radius 3 is 2.52 bits per heavy atom. The van der Waals surface area contributed by atoms with Crippen molar-refractivity contribution in [2.24, 2.45) is 0 Å². The maximum Gasteiger partial charge on any atom is 0.408 e. The van der Waals surface area contributed by atoms with Crippen molar-refractivity contribution >= 4 is 11.9 Å². The molecule has 2 aromatic rings. The van der Waals surface area contributed by atoms with E-state index >= 15 is 0 Å². The van der Waals surface area contributed by atoms with Crippen LogP contribution >= 0.6 is 0 Å². The summed E-state index contributed by atoms with van der Waals surface area (Å²) in [6, 6.07) is 11.2. The zero-order valence-electron chi connectivity index (χ0n) is 14.5. The van der Waals surface area contributed by atoms with Crippen molar-refractivity contribution in [2.45, 2.75) is 32.4 Å². The lowest BCUT2D eigenvalue weighted by Gasteiger charge is -2.24. The molecule has 1 aromatic heterocycles. The molecule has 7 heteroatoms. The molecule has 1 atom stereocenters. The number of nitrogens with zero attached hydrogens (tertiary/aromatic N) is 3. The van der Waals surface area contributed by atoms with Crippen LogP contribution in [0.15, 0.2) is 42.7 Å². The van der Waals surface area contributed by atoms with Crippen molar-refractivity contribution < 1.29 is 9.53 Å². The number of alkyl carbamates (subject to hydrolysis) is 1. The maximum absolute atomic E-state index is 12.1. The van der Waals surface area contributed by atoms with Gasteiger partial charge in [0.1, 0.15) is 17.5 Å². The number of benzene rings is 1. The predicted molar refractivity (Wildman–Crippen MR) is 93.8 cm³/mol. The molecule has 0 saturated carbocycles. The first-order valence-electron chi connectivity index (χ1n) is 7.88. The normalized spacial score (nSPS) is 11.9. The number of carbonyl (C=O) groups is 1. The van der Waals surface area contributed by atoms with Gasteiger partial charge in [0.15, 0.2) is 5.69 Å². The molecular formula is C18H21N5O2. The average molecular weight is 339 g/mol. The van der Waals surface area contributed by atoms with Gasteiger partial charge in [-0.2, -0.15) is 5.26 Å². The van der Waals surface area contributed by atoms with Gasteiger partial charge in [0.25, 0.3) is 0 Å². The van der Waals surface area contributed by atoms with Crippen LogP contribution < -0.4 is 10.6 Å². The van der Waals surface area contributed by atoms with E-state index in [9.17, 15) is 4.79 Å². The highest BCUT2D eigenvalue weighted by Gasteiger charge is 2.20. The van der Waals surface area contributed by atoms with Gasteiger partial charge in [-0.15, -0.1) is 0 Å². The highest BCUT2D eigenvalue weighted by atomic mass is 16.6. The van der Waals surface area contributed by atoms with E-state index in [-0.39, 0.29) is 11.7 Å². The lowest BCUT2D eigenvalue weighted by Crippen LogP contribution is -2.37. The number of rotatable bonds is 5. The Balaban J connectivity index is 2.06. The summed E-state index contributed by atoms with van der Waals surface area (Å²) in [6.07, 6.45) is 2.38. The Kier molecular flexibility index (Phi) is 5.90. The summed E-state index contributed by atoms with van der Waals surface area (Å²) in [7, 11) is 0. The zero-order chi connectivity index (χ0) is 18.3. The lowest BCUT2D eigenvalue weighted by atomic mass is 10.1. The van der Waals surface area contributed by atoms with Crippen LogP contribution in [0.4, 0.5) is 10.6 Å². The smallest absolute Gasteiger partial charge is 0.408 e. The van der Waals surface area contributed by atoms with Crippen LogP contribution in [-0.2, 0) is 4.74 Å². The van der Waals surface area contributed by atoms with Gasteiger partial charge in [-0.3, -0.25) is 0 Å². The summed E-state index contributed by atoms with van der Waals surface area (Å²) in [5, 5.41) is 14.7. The number of carbonyl (C=O) groups excluding carboxylic acids is 1. The maximum atomic E-state index is 12.1. The predicted octanol–water partition coefficient (Wildman–Crippen LogP) is 3.03. The minimum absolute atomic E-state index is 0.247. The first kappa shape index (κ1) is 18.2. The number of ether oxygens (including phenoxy) is 1. The fourth-order valence-electron chi connectivity index (χ4n) is 2.07. The van der Waals surface area contributed by atoms with Gasteiger partial charge in [-0.05, 0) is 26.3 Å². The molecule has 25 heavy (non-hydrogen) atoms. The van der Waals surface area contributed by atoms with Crippen LogP contribution in [0.1, 0.15) is 38.1 Å². The molecular weight excluding hydrogens is 318 g/mol. The first-order valence-corrected chi connectivity index (χ1v) is 7.88. The van der Waals surface area contributed by atoms with E-state index in [1.54, 1.807) is 0 Å². The largest absolute Gasteiger partial charge is 0.444 e. The Morgan fingerprint density at radius 1 is 1.24 bits per heavy atom. The number of nitrogens with one attached hydrogen (secondary N) is 2. The molecule has 1 amide bonds. The summed E-state index contributed by atoms with van der Waals surface area (Å²) in [5.41, 5.74) is 0.608. The van der Waals surface area contributed by atoms with Gasteiger partial charge in [-0.25, -0.2) is 14.8 Å². The summed E-state index contributed by atoms with van der Waals surface area (Å²) in [4.78, 5) is 20.2. The molecule has 1 heterocycles. The monoisotopic (exact) mass is 339 g/mol. The van der Waals surface area contributed by atoms with Gasteiger partial charge in [-0.1, -0.05) is 30.3 Å². The second-order valence-electron chi connectivity index (χ2n) is 6.39. The van der Waals surface area contributed by atoms with E-state index in [2.05, 4.69) is 20.6 Å². The van der Waals surface area contributed by atoms with Crippen LogP contribution in [0.5, 0.6) is 0 Å². The van der Waals surface area contributed by atoms with Crippen molar-refractivity contribution in [3.8, 4) is 6.07 Å². The fraction of sp³-hybridized carbons (Fsp3) is 0.333. The molecule has 0 spiro atoms. The van der Waals surface area contributed by atoms with Gasteiger partial charge in [0, 0.05) is 6.54 Å². The highest BCUT2D eigenvalue weighted by Crippen LogP contribution is 2.15. The fourth-order valence-corrected chi connectivity index (χ4v) is 2.07. The average Bonchev–Trinajstić information content (AvgIpc) is 2.58. The molecule has 0 saturated heterocycles. The number of anilines is 1. The molecule has 0 aliphatic heterocycles. The molecule has 0 fully saturated rings. The third-order valence-electron chi connectivity index (χ3n) is 3.15. The second-order valence-corrected chi connectivity index (χ2v) is 6.39. The van der Waals surface area contributed by atoms with Crippen molar-refractivity contribution in [2.75, 3.05) is 11.9 Å². The molecule has 0 radical (unpaired) electrons. The van der Waals surface area contributed by atoms with E-state index in [1.807, 2.05) is 57.2 Å². The van der Waals surface area contributed by atoms with Gasteiger partial charge < -0.3 is 15.4 Å². The minimum atomic E-state index is -0.572. The highest BCUT2D eigenvalue weighted by molar-refractivity contribution is 5.68. The van der Waals surface area contributed by atoms with Crippen LogP contribution in [-0.4, -0.2) is 28.2 Å². The zero-order valence-corrected chi connectivity index (χ0v) is 14.5.